The Morgan fingerprint density at radius 3 is 2.42 bits per heavy atom. The molecule has 0 radical (unpaired) electrons. The quantitative estimate of drug-likeness (QED) is 0.780. The molecule has 2 aromatic rings. The average molecular weight is 392 g/mol. The van der Waals surface area contributed by atoms with E-state index in [4.69, 9.17) is 11.6 Å². The van der Waals surface area contributed by atoms with Gasteiger partial charge in [0.15, 0.2) is 9.84 Å². The molecule has 0 aromatic heterocycles. The normalized spacial score (nSPS) is 18.6. The van der Waals surface area contributed by atoms with Crippen molar-refractivity contribution in [1.29, 1.82) is 0 Å². The highest BCUT2D eigenvalue weighted by Gasteiger charge is 2.35. The van der Waals surface area contributed by atoms with Crippen molar-refractivity contribution in [3.05, 3.63) is 70.2 Å². The monoisotopic (exact) mass is 391 g/mol. The van der Waals surface area contributed by atoms with E-state index in [2.05, 4.69) is 6.92 Å². The van der Waals surface area contributed by atoms with Crippen LogP contribution < -0.4 is 0 Å². The summed E-state index contributed by atoms with van der Waals surface area (Å²) in [5.41, 5.74) is 2.69. The molecule has 4 nitrogen and oxygen atoms in total. The summed E-state index contributed by atoms with van der Waals surface area (Å²) in [6, 6.07) is 14.6. The van der Waals surface area contributed by atoms with Crippen LogP contribution in [0.5, 0.6) is 0 Å². The van der Waals surface area contributed by atoms with Crippen LogP contribution in [0.1, 0.15) is 34.8 Å². The van der Waals surface area contributed by atoms with Crippen molar-refractivity contribution in [2.75, 3.05) is 11.5 Å². The largest absolute Gasteiger partial charge is 0.330 e. The van der Waals surface area contributed by atoms with Gasteiger partial charge in [0.25, 0.3) is 5.91 Å². The summed E-state index contributed by atoms with van der Waals surface area (Å²) in [5, 5.41) is 0.488. The molecule has 1 unspecified atom stereocenters. The number of nitrogens with zero attached hydrogens (tertiary/aromatic N) is 1. The molecule has 1 atom stereocenters. The van der Waals surface area contributed by atoms with Crippen molar-refractivity contribution in [2.24, 2.45) is 0 Å². The van der Waals surface area contributed by atoms with Crippen LogP contribution in [0.2, 0.25) is 5.02 Å². The van der Waals surface area contributed by atoms with Gasteiger partial charge in [0.2, 0.25) is 0 Å². The Kier molecular flexibility index (Phi) is 5.68. The van der Waals surface area contributed by atoms with E-state index in [1.807, 2.05) is 24.3 Å². The van der Waals surface area contributed by atoms with Gasteiger partial charge in [-0.15, -0.1) is 0 Å². The van der Waals surface area contributed by atoms with E-state index < -0.39 is 9.84 Å². The van der Waals surface area contributed by atoms with Gasteiger partial charge in [-0.3, -0.25) is 4.79 Å². The van der Waals surface area contributed by atoms with Crippen molar-refractivity contribution in [1.82, 2.24) is 4.90 Å². The predicted molar refractivity (Wildman–Crippen MR) is 104 cm³/mol. The van der Waals surface area contributed by atoms with Gasteiger partial charge in [-0.1, -0.05) is 48.9 Å². The molecule has 3 rings (SSSR count). The molecule has 6 heteroatoms. The molecule has 1 fully saturated rings. The zero-order valence-corrected chi connectivity index (χ0v) is 16.3. The zero-order chi connectivity index (χ0) is 18.7. The predicted octanol–water partition coefficient (Wildman–Crippen LogP) is 3.73. The Balaban J connectivity index is 1.89. The van der Waals surface area contributed by atoms with Crippen LogP contribution in [0.3, 0.4) is 0 Å². The Morgan fingerprint density at radius 1 is 1.15 bits per heavy atom. The summed E-state index contributed by atoms with van der Waals surface area (Å²) in [5.74, 6) is -0.0350. The summed E-state index contributed by atoms with van der Waals surface area (Å²) in [6.45, 7) is 2.48. The minimum absolute atomic E-state index is 0.0202. The number of aryl methyl sites for hydroxylation is 1. The molecule has 1 aliphatic heterocycles. The molecule has 2 aromatic carbocycles. The van der Waals surface area contributed by atoms with Gasteiger partial charge in [-0.2, -0.15) is 0 Å². The minimum Gasteiger partial charge on any atom is -0.330 e. The van der Waals surface area contributed by atoms with E-state index in [0.717, 1.165) is 12.0 Å². The second-order valence-corrected chi connectivity index (χ2v) is 9.34. The fourth-order valence-electron chi connectivity index (χ4n) is 3.25. The van der Waals surface area contributed by atoms with Crippen LogP contribution in [0.15, 0.2) is 48.5 Å². The Hall–Kier alpha value is -1.85. The Bertz CT molecular complexity index is 894. The standard InChI is InChI=1S/C20H22ClNO3S/c1-2-15-6-8-16(9-7-15)13-22(19-10-11-26(24,25)14-19)20(23)17-4-3-5-18(21)12-17/h3-9,12,19H,2,10-11,13-14H2,1H3. The first kappa shape index (κ1) is 18.9. The van der Waals surface area contributed by atoms with Gasteiger partial charge in [-0.25, -0.2) is 8.42 Å². The first-order valence-electron chi connectivity index (χ1n) is 8.73. The molecule has 138 valence electrons. The third-order valence-electron chi connectivity index (χ3n) is 4.77. The van der Waals surface area contributed by atoms with Crippen LogP contribution in [0, 0.1) is 0 Å². The number of hydrogen-bond acceptors (Lipinski definition) is 3. The molecular weight excluding hydrogens is 370 g/mol. The topological polar surface area (TPSA) is 54.5 Å². The summed E-state index contributed by atoms with van der Waals surface area (Å²) >= 11 is 6.03. The lowest BCUT2D eigenvalue weighted by molar-refractivity contribution is 0.0681. The summed E-state index contributed by atoms with van der Waals surface area (Å²) in [4.78, 5) is 14.8. The first-order chi connectivity index (χ1) is 12.4. The lowest BCUT2D eigenvalue weighted by Gasteiger charge is -2.28. The fraction of sp³-hybridized carbons (Fsp3) is 0.350. The molecule has 1 heterocycles. The molecule has 0 spiro atoms. The van der Waals surface area contributed by atoms with Crippen molar-refractivity contribution in [3.8, 4) is 0 Å². The van der Waals surface area contributed by atoms with Crippen LogP contribution >= 0.6 is 11.6 Å². The molecule has 0 bridgehead atoms. The lowest BCUT2D eigenvalue weighted by Crippen LogP contribution is -2.40. The summed E-state index contributed by atoms with van der Waals surface area (Å²) < 4.78 is 23.9. The number of halogens is 1. The Labute approximate surface area is 159 Å². The van der Waals surface area contributed by atoms with E-state index in [9.17, 15) is 13.2 Å². The fourth-order valence-corrected chi connectivity index (χ4v) is 5.17. The second-order valence-electron chi connectivity index (χ2n) is 6.67. The van der Waals surface area contributed by atoms with Gasteiger partial charge in [0.05, 0.1) is 11.5 Å². The lowest BCUT2D eigenvalue weighted by atomic mass is 10.1. The van der Waals surface area contributed by atoms with E-state index in [1.54, 1.807) is 29.2 Å². The highest BCUT2D eigenvalue weighted by atomic mass is 35.5. The number of sulfone groups is 1. The molecule has 26 heavy (non-hydrogen) atoms. The molecule has 1 saturated heterocycles. The van der Waals surface area contributed by atoms with Crippen molar-refractivity contribution in [3.63, 3.8) is 0 Å². The number of amides is 1. The van der Waals surface area contributed by atoms with Gasteiger partial charge in [0, 0.05) is 23.2 Å². The van der Waals surface area contributed by atoms with Crippen LogP contribution in [-0.4, -0.2) is 36.8 Å². The summed E-state index contributed by atoms with van der Waals surface area (Å²) in [6.07, 6.45) is 1.42. The third-order valence-corrected chi connectivity index (χ3v) is 6.75. The van der Waals surface area contributed by atoms with E-state index in [-0.39, 0.29) is 23.5 Å². The number of rotatable bonds is 5. The maximum atomic E-state index is 13.1. The van der Waals surface area contributed by atoms with Crippen LogP contribution in [0.4, 0.5) is 0 Å². The van der Waals surface area contributed by atoms with E-state index in [0.29, 0.717) is 23.6 Å². The zero-order valence-electron chi connectivity index (χ0n) is 14.7. The van der Waals surface area contributed by atoms with Crippen molar-refractivity contribution >= 4 is 27.3 Å². The van der Waals surface area contributed by atoms with Gasteiger partial charge < -0.3 is 4.90 Å². The maximum Gasteiger partial charge on any atom is 0.254 e. The average Bonchev–Trinajstić information content (AvgIpc) is 2.99. The van der Waals surface area contributed by atoms with Crippen molar-refractivity contribution in [2.45, 2.75) is 32.4 Å². The molecule has 1 amide bonds. The van der Waals surface area contributed by atoms with Gasteiger partial charge in [0.1, 0.15) is 0 Å². The van der Waals surface area contributed by atoms with Gasteiger partial charge in [-0.05, 0) is 42.2 Å². The number of benzene rings is 2. The molecular formula is C20H22ClNO3S. The minimum atomic E-state index is -3.09. The van der Waals surface area contributed by atoms with Crippen LogP contribution in [0.25, 0.3) is 0 Å². The third kappa shape index (κ3) is 4.46. The smallest absolute Gasteiger partial charge is 0.254 e. The van der Waals surface area contributed by atoms with Crippen LogP contribution in [-0.2, 0) is 22.8 Å². The van der Waals surface area contributed by atoms with E-state index >= 15 is 0 Å². The highest BCUT2D eigenvalue weighted by molar-refractivity contribution is 7.91. The molecule has 0 aliphatic carbocycles. The summed E-state index contributed by atoms with van der Waals surface area (Å²) in [7, 11) is -3.09. The number of carbonyl (C=O) groups is 1. The highest BCUT2D eigenvalue weighted by Crippen LogP contribution is 2.23. The van der Waals surface area contributed by atoms with E-state index in [1.165, 1.54) is 5.56 Å². The Morgan fingerprint density at radius 2 is 1.85 bits per heavy atom. The first-order valence-corrected chi connectivity index (χ1v) is 10.9. The SMILES string of the molecule is CCc1ccc(CN(C(=O)c2cccc(Cl)c2)C2CCS(=O)(=O)C2)cc1. The number of hydrogen-bond donors (Lipinski definition) is 0. The van der Waals surface area contributed by atoms with Gasteiger partial charge >= 0.3 is 0 Å². The number of carbonyl (C=O) groups excluding carboxylic acids is 1. The molecule has 0 N–H and O–H groups in total. The molecule has 1 aliphatic rings. The maximum absolute atomic E-state index is 13.1. The molecule has 0 saturated carbocycles. The second kappa shape index (κ2) is 7.80. The van der Waals surface area contributed by atoms with Crippen molar-refractivity contribution < 1.29 is 13.2 Å².